The molecule has 0 spiro atoms. The zero-order chi connectivity index (χ0) is 15.5. The molecule has 21 heavy (non-hydrogen) atoms. The van der Waals surface area contributed by atoms with Gasteiger partial charge in [0, 0.05) is 19.6 Å². The number of β-amino-alcohol motifs (C(OH)–C–C–N with tert-alkyl or cyclic N) is 1. The standard InChI is InChI=1S/C15H20F3NO2/c16-15(17,18)10-13(20)11-19-8-6-14(21,7-9-19)12-4-2-1-3-5-12/h1-5,13,20-21H,6-11H2/t13-/m0/s1. The highest BCUT2D eigenvalue weighted by Crippen LogP contribution is 2.33. The van der Waals surface area contributed by atoms with Gasteiger partial charge >= 0.3 is 6.18 Å². The summed E-state index contributed by atoms with van der Waals surface area (Å²) in [4.78, 5) is 1.77. The first-order chi connectivity index (χ1) is 9.78. The van der Waals surface area contributed by atoms with Gasteiger partial charge in [0.25, 0.3) is 0 Å². The Balaban J connectivity index is 1.86. The van der Waals surface area contributed by atoms with E-state index in [1.165, 1.54) is 0 Å². The van der Waals surface area contributed by atoms with Crippen LogP contribution < -0.4 is 0 Å². The van der Waals surface area contributed by atoms with Gasteiger partial charge < -0.3 is 15.1 Å². The maximum Gasteiger partial charge on any atom is 0.391 e. The fourth-order valence-electron chi connectivity index (χ4n) is 2.77. The van der Waals surface area contributed by atoms with E-state index in [2.05, 4.69) is 0 Å². The van der Waals surface area contributed by atoms with Crippen LogP contribution in [0.25, 0.3) is 0 Å². The molecular weight excluding hydrogens is 283 g/mol. The van der Waals surface area contributed by atoms with Gasteiger partial charge in [-0.2, -0.15) is 13.2 Å². The van der Waals surface area contributed by atoms with E-state index in [1.807, 2.05) is 30.3 Å². The highest BCUT2D eigenvalue weighted by atomic mass is 19.4. The van der Waals surface area contributed by atoms with Gasteiger partial charge in [0.2, 0.25) is 0 Å². The van der Waals surface area contributed by atoms with E-state index in [4.69, 9.17) is 0 Å². The SMILES string of the molecule is O[C@H](CN1CCC(O)(c2ccccc2)CC1)CC(F)(F)F. The highest BCUT2D eigenvalue weighted by Gasteiger charge is 2.36. The number of halogens is 3. The average molecular weight is 303 g/mol. The van der Waals surface area contributed by atoms with Gasteiger partial charge in [0.1, 0.15) is 0 Å². The van der Waals surface area contributed by atoms with Gasteiger partial charge in [0.15, 0.2) is 0 Å². The van der Waals surface area contributed by atoms with Crippen molar-refractivity contribution in [3.05, 3.63) is 35.9 Å². The molecule has 1 atom stereocenters. The van der Waals surface area contributed by atoms with Gasteiger partial charge in [-0.15, -0.1) is 0 Å². The van der Waals surface area contributed by atoms with Crippen LogP contribution in [0.1, 0.15) is 24.8 Å². The van der Waals surface area contributed by atoms with Crippen molar-refractivity contribution in [3.8, 4) is 0 Å². The Hall–Kier alpha value is -1.11. The monoisotopic (exact) mass is 303 g/mol. The van der Waals surface area contributed by atoms with Crippen LogP contribution in [0.4, 0.5) is 13.2 Å². The highest BCUT2D eigenvalue weighted by molar-refractivity contribution is 5.22. The Morgan fingerprint density at radius 3 is 2.24 bits per heavy atom. The number of benzene rings is 1. The van der Waals surface area contributed by atoms with E-state index in [0.717, 1.165) is 5.56 Å². The van der Waals surface area contributed by atoms with Crippen molar-refractivity contribution in [1.82, 2.24) is 4.90 Å². The largest absolute Gasteiger partial charge is 0.391 e. The van der Waals surface area contributed by atoms with Crippen LogP contribution in [0.15, 0.2) is 30.3 Å². The van der Waals surface area contributed by atoms with Gasteiger partial charge in [0.05, 0.1) is 18.1 Å². The van der Waals surface area contributed by atoms with Crippen LogP contribution in [0, 0.1) is 0 Å². The van der Waals surface area contributed by atoms with Crippen LogP contribution in [0.3, 0.4) is 0 Å². The van der Waals surface area contributed by atoms with Gasteiger partial charge in [-0.1, -0.05) is 30.3 Å². The van der Waals surface area contributed by atoms with Crippen molar-refractivity contribution >= 4 is 0 Å². The number of rotatable bonds is 4. The first-order valence-electron chi connectivity index (χ1n) is 7.04. The second kappa shape index (κ2) is 6.34. The lowest BCUT2D eigenvalue weighted by atomic mass is 9.84. The van der Waals surface area contributed by atoms with Crippen LogP contribution in [-0.2, 0) is 5.60 Å². The predicted octanol–water partition coefficient (Wildman–Crippen LogP) is 2.28. The molecule has 1 heterocycles. The summed E-state index contributed by atoms with van der Waals surface area (Å²) in [5, 5.41) is 20.1. The van der Waals surface area contributed by atoms with Crippen molar-refractivity contribution in [3.63, 3.8) is 0 Å². The Morgan fingerprint density at radius 1 is 1.14 bits per heavy atom. The number of hydrogen-bond acceptors (Lipinski definition) is 3. The average Bonchev–Trinajstić information content (AvgIpc) is 2.40. The van der Waals surface area contributed by atoms with E-state index in [0.29, 0.717) is 25.9 Å². The normalized spacial score (nSPS) is 21.2. The predicted molar refractivity (Wildman–Crippen MR) is 72.7 cm³/mol. The summed E-state index contributed by atoms with van der Waals surface area (Å²) in [6, 6.07) is 9.29. The lowest BCUT2D eigenvalue weighted by Gasteiger charge is -2.39. The Bertz CT molecular complexity index is 442. The molecule has 1 fully saturated rings. The molecular formula is C15H20F3NO2. The molecule has 1 aromatic rings. The number of likely N-dealkylation sites (tertiary alicyclic amines) is 1. The summed E-state index contributed by atoms with van der Waals surface area (Å²) in [6.07, 6.45) is -6.04. The molecule has 1 saturated heterocycles. The summed E-state index contributed by atoms with van der Waals surface area (Å²) in [5.74, 6) is 0. The molecule has 1 aliphatic rings. The molecule has 0 aromatic heterocycles. The van der Waals surface area contributed by atoms with Gasteiger partial charge in [-0.05, 0) is 18.4 Å². The molecule has 0 amide bonds. The van der Waals surface area contributed by atoms with Crippen molar-refractivity contribution in [1.29, 1.82) is 0 Å². The number of aliphatic hydroxyl groups is 2. The molecule has 2 rings (SSSR count). The molecule has 1 aromatic carbocycles. The van der Waals surface area contributed by atoms with E-state index in [-0.39, 0.29) is 6.54 Å². The third-order valence-corrected chi connectivity index (χ3v) is 3.93. The second-order valence-corrected chi connectivity index (χ2v) is 5.67. The summed E-state index contributed by atoms with van der Waals surface area (Å²) in [5.41, 5.74) is -0.0901. The van der Waals surface area contributed by atoms with Crippen LogP contribution in [0.5, 0.6) is 0 Å². The molecule has 0 saturated carbocycles. The first kappa shape index (κ1) is 16.3. The zero-order valence-corrected chi connectivity index (χ0v) is 11.7. The Labute approximate surface area is 122 Å². The van der Waals surface area contributed by atoms with Crippen molar-refractivity contribution in [2.24, 2.45) is 0 Å². The van der Waals surface area contributed by atoms with Crippen LogP contribution >= 0.6 is 0 Å². The summed E-state index contributed by atoms with van der Waals surface area (Å²) < 4.78 is 36.6. The number of hydrogen-bond donors (Lipinski definition) is 2. The van der Waals surface area contributed by atoms with E-state index >= 15 is 0 Å². The summed E-state index contributed by atoms with van der Waals surface area (Å²) in [7, 11) is 0. The van der Waals surface area contributed by atoms with Crippen LogP contribution in [-0.4, -0.2) is 47.0 Å². The van der Waals surface area contributed by atoms with Crippen molar-refractivity contribution in [2.45, 2.75) is 37.1 Å². The first-order valence-corrected chi connectivity index (χ1v) is 7.04. The number of aliphatic hydroxyl groups excluding tert-OH is 1. The third kappa shape index (κ3) is 4.69. The Kier molecular flexibility index (Phi) is 4.91. The fraction of sp³-hybridized carbons (Fsp3) is 0.600. The minimum atomic E-state index is -4.35. The minimum Gasteiger partial charge on any atom is -0.391 e. The van der Waals surface area contributed by atoms with Crippen molar-refractivity contribution in [2.75, 3.05) is 19.6 Å². The molecule has 3 nitrogen and oxygen atoms in total. The van der Waals surface area contributed by atoms with E-state index in [1.54, 1.807) is 4.90 Å². The molecule has 0 unspecified atom stereocenters. The fourth-order valence-corrected chi connectivity index (χ4v) is 2.77. The number of alkyl halides is 3. The maximum atomic E-state index is 12.2. The van der Waals surface area contributed by atoms with Gasteiger partial charge in [-0.25, -0.2) is 0 Å². The number of nitrogens with zero attached hydrogens (tertiary/aromatic N) is 1. The zero-order valence-electron chi connectivity index (χ0n) is 11.7. The van der Waals surface area contributed by atoms with Gasteiger partial charge in [-0.3, -0.25) is 0 Å². The smallest absolute Gasteiger partial charge is 0.391 e. The molecule has 6 heteroatoms. The lowest BCUT2D eigenvalue weighted by molar-refractivity contribution is -0.156. The Morgan fingerprint density at radius 2 is 1.71 bits per heavy atom. The maximum absolute atomic E-state index is 12.2. The number of piperidine rings is 1. The molecule has 1 aliphatic heterocycles. The summed E-state index contributed by atoms with van der Waals surface area (Å²) >= 11 is 0. The summed E-state index contributed by atoms with van der Waals surface area (Å²) in [6.45, 7) is 0.936. The second-order valence-electron chi connectivity index (χ2n) is 5.67. The molecule has 2 N–H and O–H groups in total. The third-order valence-electron chi connectivity index (χ3n) is 3.93. The molecule has 0 radical (unpaired) electrons. The van der Waals surface area contributed by atoms with E-state index in [9.17, 15) is 23.4 Å². The molecule has 0 aliphatic carbocycles. The molecule has 0 bridgehead atoms. The quantitative estimate of drug-likeness (QED) is 0.897. The van der Waals surface area contributed by atoms with Crippen LogP contribution in [0.2, 0.25) is 0 Å². The van der Waals surface area contributed by atoms with Crippen molar-refractivity contribution < 1.29 is 23.4 Å². The topological polar surface area (TPSA) is 43.7 Å². The minimum absolute atomic E-state index is 0.00954. The lowest BCUT2D eigenvalue weighted by Crippen LogP contribution is -2.45. The molecule has 118 valence electrons. The van der Waals surface area contributed by atoms with E-state index < -0.39 is 24.3 Å².